The molecule has 2 heterocycles. The van der Waals surface area contributed by atoms with Crippen LogP contribution in [-0.2, 0) is 6.42 Å². The van der Waals surface area contributed by atoms with E-state index in [-0.39, 0.29) is 11.9 Å². The summed E-state index contributed by atoms with van der Waals surface area (Å²) in [5.41, 5.74) is 1.73. The van der Waals surface area contributed by atoms with Crippen molar-refractivity contribution in [2.45, 2.75) is 38.8 Å². The number of likely N-dealkylation sites (tertiary alicyclic amines) is 1. The maximum absolute atomic E-state index is 12.8. The summed E-state index contributed by atoms with van der Waals surface area (Å²) >= 11 is 0. The fraction of sp³-hybridized carbons (Fsp3) is 0.389. The normalized spacial score (nSPS) is 21.3. The van der Waals surface area contributed by atoms with Gasteiger partial charge >= 0.3 is 0 Å². The molecule has 1 aliphatic rings. The standard InChI is InChI=1S/C18H21NO3/c1-12-10-15(13(2)22-12)18(21)19-9-8-17(20)16(19)11-14-6-4-3-5-7-14/h3-7,10,16-17,20H,8-9,11H2,1-2H3/t16-,17-/m1/s1. The van der Waals surface area contributed by atoms with Crippen LogP contribution < -0.4 is 0 Å². The van der Waals surface area contributed by atoms with Gasteiger partial charge in [-0.25, -0.2) is 0 Å². The van der Waals surface area contributed by atoms with Crippen LogP contribution in [0.1, 0.15) is 33.9 Å². The first-order chi connectivity index (χ1) is 10.6. The molecule has 2 aromatic rings. The van der Waals surface area contributed by atoms with E-state index in [9.17, 15) is 9.90 Å². The monoisotopic (exact) mass is 299 g/mol. The molecule has 1 aliphatic heterocycles. The summed E-state index contributed by atoms with van der Waals surface area (Å²) in [6.07, 6.45) is 0.820. The van der Waals surface area contributed by atoms with Crippen LogP contribution in [0, 0.1) is 13.8 Å². The van der Waals surface area contributed by atoms with Gasteiger partial charge in [0.15, 0.2) is 0 Å². The van der Waals surface area contributed by atoms with Gasteiger partial charge in [0.05, 0.1) is 17.7 Å². The molecule has 1 aromatic heterocycles. The Bertz CT molecular complexity index is 662. The Balaban J connectivity index is 1.82. The number of hydrogen-bond acceptors (Lipinski definition) is 3. The van der Waals surface area contributed by atoms with Gasteiger partial charge in [-0.15, -0.1) is 0 Å². The lowest BCUT2D eigenvalue weighted by Crippen LogP contribution is -2.41. The molecule has 1 saturated heterocycles. The van der Waals surface area contributed by atoms with Gasteiger partial charge in [0.25, 0.3) is 5.91 Å². The second-order valence-electron chi connectivity index (χ2n) is 5.94. The Hall–Kier alpha value is -2.07. The highest BCUT2D eigenvalue weighted by molar-refractivity contribution is 5.95. The van der Waals surface area contributed by atoms with Gasteiger partial charge in [0.2, 0.25) is 0 Å². The molecule has 1 N–H and O–H groups in total. The molecule has 2 atom stereocenters. The van der Waals surface area contributed by atoms with E-state index in [0.717, 1.165) is 11.3 Å². The zero-order valence-electron chi connectivity index (χ0n) is 13.0. The Morgan fingerprint density at radius 1 is 1.32 bits per heavy atom. The molecule has 4 heteroatoms. The zero-order valence-corrected chi connectivity index (χ0v) is 13.0. The van der Waals surface area contributed by atoms with Crippen LogP contribution in [0.2, 0.25) is 0 Å². The minimum absolute atomic E-state index is 0.0492. The summed E-state index contributed by atoms with van der Waals surface area (Å²) in [6.45, 7) is 4.23. The maximum Gasteiger partial charge on any atom is 0.257 e. The number of carbonyl (C=O) groups excluding carboxylic acids is 1. The quantitative estimate of drug-likeness (QED) is 0.948. The largest absolute Gasteiger partial charge is 0.466 e. The van der Waals surface area contributed by atoms with Gasteiger partial charge < -0.3 is 14.4 Å². The van der Waals surface area contributed by atoms with Crippen LogP contribution in [-0.4, -0.2) is 34.6 Å². The van der Waals surface area contributed by atoms with Crippen LogP contribution in [0.15, 0.2) is 40.8 Å². The van der Waals surface area contributed by atoms with Gasteiger partial charge in [-0.3, -0.25) is 4.79 Å². The Morgan fingerprint density at radius 2 is 2.05 bits per heavy atom. The van der Waals surface area contributed by atoms with E-state index in [1.54, 1.807) is 17.9 Å². The topological polar surface area (TPSA) is 53.7 Å². The molecule has 22 heavy (non-hydrogen) atoms. The number of hydrogen-bond donors (Lipinski definition) is 1. The van der Waals surface area contributed by atoms with Crippen molar-refractivity contribution in [1.29, 1.82) is 0 Å². The molecule has 116 valence electrons. The molecule has 0 saturated carbocycles. The maximum atomic E-state index is 12.8. The van der Waals surface area contributed by atoms with Crippen LogP contribution >= 0.6 is 0 Å². The number of benzene rings is 1. The average Bonchev–Trinajstić information content (AvgIpc) is 3.03. The number of carbonyl (C=O) groups is 1. The Labute approximate surface area is 130 Å². The fourth-order valence-corrected chi connectivity index (χ4v) is 3.19. The summed E-state index contributed by atoms with van der Waals surface area (Å²) in [7, 11) is 0. The molecular formula is C18H21NO3. The van der Waals surface area contributed by atoms with Crippen LogP contribution in [0.4, 0.5) is 0 Å². The van der Waals surface area contributed by atoms with Gasteiger partial charge in [-0.05, 0) is 38.3 Å². The predicted octanol–water partition coefficient (Wildman–Crippen LogP) is 2.71. The van der Waals surface area contributed by atoms with E-state index in [4.69, 9.17) is 4.42 Å². The molecule has 4 nitrogen and oxygen atoms in total. The molecule has 0 aliphatic carbocycles. The van der Waals surface area contributed by atoms with Gasteiger partial charge in [0.1, 0.15) is 11.5 Å². The van der Waals surface area contributed by atoms with Crippen molar-refractivity contribution >= 4 is 5.91 Å². The Kier molecular flexibility index (Phi) is 4.03. The zero-order chi connectivity index (χ0) is 15.7. The van der Waals surface area contributed by atoms with E-state index in [1.807, 2.05) is 37.3 Å². The van der Waals surface area contributed by atoms with E-state index in [0.29, 0.717) is 30.7 Å². The van der Waals surface area contributed by atoms with Crippen LogP contribution in [0.25, 0.3) is 0 Å². The minimum Gasteiger partial charge on any atom is -0.466 e. The number of rotatable bonds is 3. The van der Waals surface area contributed by atoms with Crippen molar-refractivity contribution in [2.75, 3.05) is 6.54 Å². The summed E-state index contributed by atoms with van der Waals surface area (Å²) < 4.78 is 5.47. The van der Waals surface area contributed by atoms with Crippen molar-refractivity contribution in [3.8, 4) is 0 Å². The summed E-state index contributed by atoms with van der Waals surface area (Å²) in [6, 6.07) is 11.6. The van der Waals surface area contributed by atoms with Gasteiger partial charge in [0, 0.05) is 6.54 Å². The van der Waals surface area contributed by atoms with Crippen molar-refractivity contribution in [2.24, 2.45) is 0 Å². The number of aliphatic hydroxyl groups excluding tert-OH is 1. The van der Waals surface area contributed by atoms with E-state index in [1.165, 1.54) is 0 Å². The first-order valence-corrected chi connectivity index (χ1v) is 7.66. The second-order valence-corrected chi connectivity index (χ2v) is 5.94. The van der Waals surface area contributed by atoms with Crippen molar-refractivity contribution in [1.82, 2.24) is 4.90 Å². The summed E-state index contributed by atoms with van der Waals surface area (Å²) in [4.78, 5) is 14.6. The number of nitrogens with zero attached hydrogens (tertiary/aromatic N) is 1. The number of amides is 1. The number of furan rings is 1. The van der Waals surface area contributed by atoms with Crippen LogP contribution in [0.3, 0.4) is 0 Å². The van der Waals surface area contributed by atoms with E-state index < -0.39 is 6.10 Å². The number of aliphatic hydroxyl groups is 1. The predicted molar refractivity (Wildman–Crippen MR) is 83.8 cm³/mol. The van der Waals surface area contributed by atoms with Crippen LogP contribution in [0.5, 0.6) is 0 Å². The summed E-state index contributed by atoms with van der Waals surface area (Å²) in [5.74, 6) is 1.33. The minimum atomic E-state index is -0.475. The highest BCUT2D eigenvalue weighted by Gasteiger charge is 2.37. The lowest BCUT2D eigenvalue weighted by atomic mass is 10.0. The highest BCUT2D eigenvalue weighted by atomic mass is 16.3. The van der Waals surface area contributed by atoms with Gasteiger partial charge in [-0.1, -0.05) is 30.3 Å². The second kappa shape index (κ2) is 5.97. The van der Waals surface area contributed by atoms with Crippen molar-refractivity contribution < 1.29 is 14.3 Å². The van der Waals surface area contributed by atoms with Crippen molar-refractivity contribution in [3.63, 3.8) is 0 Å². The first kappa shape index (κ1) is 14.9. The van der Waals surface area contributed by atoms with E-state index >= 15 is 0 Å². The van der Waals surface area contributed by atoms with Gasteiger partial charge in [-0.2, -0.15) is 0 Å². The third-order valence-corrected chi connectivity index (χ3v) is 4.33. The van der Waals surface area contributed by atoms with E-state index in [2.05, 4.69) is 0 Å². The molecule has 0 spiro atoms. The molecule has 1 amide bonds. The average molecular weight is 299 g/mol. The Morgan fingerprint density at radius 3 is 2.68 bits per heavy atom. The number of aryl methyl sites for hydroxylation is 2. The SMILES string of the molecule is Cc1cc(C(=O)N2CC[C@@H](O)[C@H]2Cc2ccccc2)c(C)o1. The highest BCUT2D eigenvalue weighted by Crippen LogP contribution is 2.26. The molecular weight excluding hydrogens is 278 g/mol. The first-order valence-electron chi connectivity index (χ1n) is 7.66. The fourth-order valence-electron chi connectivity index (χ4n) is 3.19. The molecule has 0 unspecified atom stereocenters. The third kappa shape index (κ3) is 2.79. The molecule has 0 bridgehead atoms. The lowest BCUT2D eigenvalue weighted by Gasteiger charge is -2.26. The lowest BCUT2D eigenvalue weighted by molar-refractivity contribution is 0.0638. The molecule has 3 rings (SSSR count). The molecule has 1 fully saturated rings. The van der Waals surface area contributed by atoms with Crippen molar-refractivity contribution in [3.05, 3.63) is 59.0 Å². The third-order valence-electron chi connectivity index (χ3n) is 4.33. The molecule has 0 radical (unpaired) electrons. The smallest absolute Gasteiger partial charge is 0.257 e. The molecule has 1 aromatic carbocycles. The summed E-state index contributed by atoms with van der Waals surface area (Å²) in [5, 5.41) is 10.3.